The molecule has 4 aromatic rings. The summed E-state index contributed by atoms with van der Waals surface area (Å²) in [7, 11) is 1.73. The minimum atomic E-state index is -1.17. The fourth-order valence-electron chi connectivity index (χ4n) is 4.23. The number of likely N-dealkylation sites (N-methyl/N-ethyl adjacent to an activating group) is 1. The third-order valence-electron chi connectivity index (χ3n) is 6.17. The highest BCUT2D eigenvalue weighted by atomic mass is 79.9. The molecule has 1 atom stereocenters. The lowest BCUT2D eigenvalue weighted by Gasteiger charge is -2.25. The number of carboxylic acid groups (broad SMARTS) is 1. The lowest BCUT2D eigenvalue weighted by atomic mass is 10.0. The number of aromatic nitrogens is 1. The first-order valence-electron chi connectivity index (χ1n) is 11.9. The largest absolute Gasteiger partial charge is 0.465 e. The lowest BCUT2D eigenvalue weighted by Crippen LogP contribution is -2.42. The SMILES string of the molecule is Cc1c(CNC(=O)O)cc(Br)c2nc(N[C@@H](Cc3ccccc3)C(=O)N(C)Cc3ccccc3)oc(=O)c12. The van der Waals surface area contributed by atoms with Crippen molar-refractivity contribution in [3.63, 3.8) is 0 Å². The topological polar surface area (TPSA) is 125 Å². The van der Waals surface area contributed by atoms with E-state index in [0.717, 1.165) is 11.1 Å². The van der Waals surface area contributed by atoms with Gasteiger partial charge in [0.1, 0.15) is 6.04 Å². The fraction of sp³-hybridized carbons (Fsp3) is 0.214. The molecule has 9 nitrogen and oxygen atoms in total. The van der Waals surface area contributed by atoms with Gasteiger partial charge in [-0.15, -0.1) is 0 Å². The molecule has 0 bridgehead atoms. The summed E-state index contributed by atoms with van der Waals surface area (Å²) >= 11 is 3.45. The van der Waals surface area contributed by atoms with Crippen LogP contribution in [0.25, 0.3) is 10.9 Å². The third kappa shape index (κ3) is 6.38. The molecule has 1 aromatic heterocycles. The Balaban J connectivity index is 1.66. The third-order valence-corrected chi connectivity index (χ3v) is 6.78. The Morgan fingerprint density at radius 1 is 1.08 bits per heavy atom. The zero-order valence-electron chi connectivity index (χ0n) is 20.9. The number of nitrogens with one attached hydrogen (secondary N) is 2. The van der Waals surface area contributed by atoms with Gasteiger partial charge in [-0.3, -0.25) is 4.79 Å². The molecule has 0 fully saturated rings. The van der Waals surface area contributed by atoms with E-state index in [-0.39, 0.29) is 23.9 Å². The molecule has 0 saturated carbocycles. The van der Waals surface area contributed by atoms with Crippen molar-refractivity contribution < 1.29 is 19.1 Å². The van der Waals surface area contributed by atoms with Crippen LogP contribution in [0.5, 0.6) is 0 Å². The summed E-state index contributed by atoms with van der Waals surface area (Å²) in [6.45, 7) is 2.15. The summed E-state index contributed by atoms with van der Waals surface area (Å²) in [5.74, 6) is -0.187. The van der Waals surface area contributed by atoms with Gasteiger partial charge in [-0.25, -0.2) is 9.59 Å². The quantitative estimate of drug-likeness (QED) is 0.262. The molecule has 0 unspecified atom stereocenters. The zero-order chi connectivity index (χ0) is 27.2. The van der Waals surface area contributed by atoms with E-state index in [2.05, 4.69) is 31.5 Å². The Hall–Kier alpha value is -4.18. The van der Waals surface area contributed by atoms with Crippen LogP contribution < -0.4 is 16.3 Å². The number of carbonyl (C=O) groups excluding carboxylic acids is 1. The van der Waals surface area contributed by atoms with E-state index in [1.165, 1.54) is 0 Å². The van der Waals surface area contributed by atoms with Gasteiger partial charge in [0.2, 0.25) is 5.91 Å². The summed E-state index contributed by atoms with van der Waals surface area (Å²) in [6, 6.07) is 20.1. The van der Waals surface area contributed by atoms with E-state index in [1.54, 1.807) is 24.9 Å². The van der Waals surface area contributed by atoms with Crippen LogP contribution in [0.1, 0.15) is 22.3 Å². The fourth-order valence-corrected chi connectivity index (χ4v) is 4.79. The highest BCUT2D eigenvalue weighted by molar-refractivity contribution is 9.10. The van der Waals surface area contributed by atoms with Crippen molar-refractivity contribution in [3.05, 3.63) is 104 Å². The van der Waals surface area contributed by atoms with Crippen LogP contribution in [-0.2, 0) is 24.3 Å². The van der Waals surface area contributed by atoms with Crippen molar-refractivity contribution in [1.29, 1.82) is 0 Å². The number of halogens is 1. The van der Waals surface area contributed by atoms with Gasteiger partial charge in [-0.2, -0.15) is 4.98 Å². The van der Waals surface area contributed by atoms with Gasteiger partial charge in [0.05, 0.1) is 10.9 Å². The van der Waals surface area contributed by atoms with Gasteiger partial charge in [0, 0.05) is 31.0 Å². The number of amides is 2. The molecule has 10 heteroatoms. The Bertz CT molecular complexity index is 1510. The number of rotatable bonds is 9. The first-order valence-corrected chi connectivity index (χ1v) is 12.7. The molecular formula is C28H27BrN4O5. The Labute approximate surface area is 227 Å². The Morgan fingerprint density at radius 2 is 1.71 bits per heavy atom. The van der Waals surface area contributed by atoms with Gasteiger partial charge < -0.3 is 25.1 Å². The second kappa shape index (κ2) is 11.9. The maximum Gasteiger partial charge on any atom is 0.404 e. The normalized spacial score (nSPS) is 11.7. The molecule has 196 valence electrons. The number of nitrogens with zero attached hydrogens (tertiary/aromatic N) is 2. The molecule has 38 heavy (non-hydrogen) atoms. The van der Waals surface area contributed by atoms with E-state index < -0.39 is 17.8 Å². The highest BCUT2D eigenvalue weighted by Gasteiger charge is 2.25. The van der Waals surface area contributed by atoms with Gasteiger partial charge >= 0.3 is 11.7 Å². The van der Waals surface area contributed by atoms with Crippen LogP contribution in [0.4, 0.5) is 10.8 Å². The van der Waals surface area contributed by atoms with E-state index in [9.17, 15) is 14.4 Å². The zero-order valence-corrected chi connectivity index (χ0v) is 22.5. The van der Waals surface area contributed by atoms with E-state index in [4.69, 9.17) is 9.52 Å². The van der Waals surface area contributed by atoms with Crippen molar-refractivity contribution in [2.75, 3.05) is 12.4 Å². The molecule has 0 aliphatic rings. The molecule has 2 amide bonds. The molecule has 0 radical (unpaired) electrons. The molecule has 3 aromatic carbocycles. The van der Waals surface area contributed by atoms with Crippen molar-refractivity contribution in [1.82, 2.24) is 15.2 Å². The van der Waals surface area contributed by atoms with Crippen LogP contribution in [0.15, 0.2) is 80.4 Å². The average Bonchev–Trinajstić information content (AvgIpc) is 2.90. The lowest BCUT2D eigenvalue weighted by molar-refractivity contribution is -0.131. The highest BCUT2D eigenvalue weighted by Crippen LogP contribution is 2.28. The molecule has 0 aliphatic heterocycles. The number of fused-ring (bicyclic) bond motifs is 1. The average molecular weight is 579 g/mol. The Kier molecular flexibility index (Phi) is 8.42. The van der Waals surface area contributed by atoms with Crippen molar-refractivity contribution in [2.45, 2.75) is 32.5 Å². The van der Waals surface area contributed by atoms with E-state index in [0.29, 0.717) is 34.1 Å². The number of carbonyl (C=O) groups is 2. The van der Waals surface area contributed by atoms with Crippen LogP contribution in [-0.4, -0.2) is 40.1 Å². The monoisotopic (exact) mass is 578 g/mol. The second-order valence-electron chi connectivity index (χ2n) is 8.90. The molecule has 0 saturated heterocycles. The number of anilines is 1. The summed E-state index contributed by atoms with van der Waals surface area (Å²) in [6.07, 6.45) is -0.820. The molecule has 1 heterocycles. The summed E-state index contributed by atoms with van der Waals surface area (Å²) < 4.78 is 6.02. The minimum absolute atomic E-state index is 0.0244. The predicted molar refractivity (Wildman–Crippen MR) is 148 cm³/mol. The first-order chi connectivity index (χ1) is 18.2. The standard InChI is InChI=1S/C28H27BrN4O5/c1-17-20(15-30-28(36)37)14-21(29)24-23(17)26(35)38-27(32-24)31-22(13-18-9-5-3-6-10-18)25(34)33(2)16-19-11-7-4-8-12-19/h3-12,14,22,30H,13,15-16H2,1-2H3,(H,31,32)(H,36,37)/t22-/m0/s1. The van der Waals surface area contributed by atoms with Crippen molar-refractivity contribution in [3.8, 4) is 0 Å². The second-order valence-corrected chi connectivity index (χ2v) is 9.75. The minimum Gasteiger partial charge on any atom is -0.465 e. The molecule has 0 spiro atoms. The maximum atomic E-state index is 13.5. The number of hydrogen-bond acceptors (Lipinski definition) is 6. The predicted octanol–water partition coefficient (Wildman–Crippen LogP) is 4.71. The molecule has 0 aliphatic carbocycles. The number of benzene rings is 3. The van der Waals surface area contributed by atoms with Crippen LogP contribution in [0, 0.1) is 6.92 Å². The Morgan fingerprint density at radius 3 is 2.34 bits per heavy atom. The van der Waals surface area contributed by atoms with Crippen LogP contribution >= 0.6 is 15.9 Å². The number of aryl methyl sites for hydroxylation is 1. The molecular weight excluding hydrogens is 552 g/mol. The summed E-state index contributed by atoms with van der Waals surface area (Å²) in [5, 5.41) is 14.5. The molecule has 3 N–H and O–H groups in total. The van der Waals surface area contributed by atoms with Crippen LogP contribution in [0.2, 0.25) is 0 Å². The summed E-state index contributed by atoms with van der Waals surface area (Å²) in [5.41, 5.74) is 2.80. The van der Waals surface area contributed by atoms with E-state index in [1.807, 2.05) is 60.7 Å². The summed E-state index contributed by atoms with van der Waals surface area (Å²) in [4.78, 5) is 43.7. The van der Waals surface area contributed by atoms with Crippen LogP contribution in [0.3, 0.4) is 0 Å². The van der Waals surface area contributed by atoms with Gasteiger partial charge in [-0.05, 0) is 51.2 Å². The van der Waals surface area contributed by atoms with Gasteiger partial charge in [-0.1, -0.05) is 60.7 Å². The maximum absolute atomic E-state index is 13.5. The van der Waals surface area contributed by atoms with Crippen molar-refractivity contribution in [2.24, 2.45) is 0 Å². The molecule has 4 rings (SSSR count). The van der Waals surface area contributed by atoms with E-state index >= 15 is 0 Å². The first kappa shape index (κ1) is 26.9. The number of hydrogen-bond donors (Lipinski definition) is 3. The smallest absolute Gasteiger partial charge is 0.404 e. The van der Waals surface area contributed by atoms with Gasteiger partial charge in [0.15, 0.2) is 0 Å². The van der Waals surface area contributed by atoms with Crippen molar-refractivity contribution >= 4 is 44.8 Å². The van der Waals surface area contributed by atoms with Gasteiger partial charge in [0.25, 0.3) is 6.01 Å².